The summed E-state index contributed by atoms with van der Waals surface area (Å²) in [6, 6.07) is 4.22. The number of carbonyl (C=O) groups excluding carboxylic acids is 2. The molecule has 90 valence electrons. The molecule has 0 aliphatic rings. The second-order valence-corrected chi connectivity index (χ2v) is 3.06. The van der Waals surface area contributed by atoms with E-state index in [0.717, 1.165) is 24.3 Å². The molecule has 3 nitrogen and oxygen atoms in total. The number of anilines is 1. The van der Waals surface area contributed by atoms with Gasteiger partial charge in [-0.1, -0.05) is 6.07 Å². The Balaban J connectivity index is 2.83. The molecule has 1 N–H and O–H groups in total. The molecular formula is C11H8F3NO2. The van der Waals surface area contributed by atoms with Crippen molar-refractivity contribution in [1.29, 1.82) is 0 Å². The van der Waals surface area contributed by atoms with Crippen molar-refractivity contribution in [2.45, 2.75) is 6.18 Å². The van der Waals surface area contributed by atoms with Crippen LogP contribution >= 0.6 is 0 Å². The van der Waals surface area contributed by atoms with E-state index in [4.69, 9.17) is 0 Å². The molecule has 1 rings (SSSR count). The standard InChI is InChI=1S/C11H8F3NO2/c12-11(13,14)8-3-1-4-9(7-8)15-10(17)5-2-6-16/h1-7H,(H,15,17)/b5-2-. The molecule has 1 aromatic carbocycles. The Morgan fingerprint density at radius 2 is 2.00 bits per heavy atom. The highest BCUT2D eigenvalue weighted by Gasteiger charge is 2.30. The van der Waals surface area contributed by atoms with Crippen LogP contribution in [0.3, 0.4) is 0 Å². The van der Waals surface area contributed by atoms with Gasteiger partial charge in [-0.05, 0) is 24.3 Å². The van der Waals surface area contributed by atoms with E-state index in [-0.39, 0.29) is 5.69 Å². The highest BCUT2D eigenvalue weighted by atomic mass is 19.4. The molecule has 0 spiro atoms. The number of rotatable bonds is 3. The Bertz CT molecular complexity index is 452. The zero-order valence-electron chi connectivity index (χ0n) is 8.49. The van der Waals surface area contributed by atoms with Gasteiger partial charge in [0.2, 0.25) is 5.91 Å². The van der Waals surface area contributed by atoms with E-state index in [2.05, 4.69) is 5.32 Å². The monoisotopic (exact) mass is 243 g/mol. The first kappa shape index (κ1) is 13.0. The fraction of sp³-hybridized carbons (Fsp3) is 0.0909. The number of carbonyl (C=O) groups is 2. The van der Waals surface area contributed by atoms with Gasteiger partial charge in [-0.25, -0.2) is 0 Å². The van der Waals surface area contributed by atoms with Gasteiger partial charge in [0.15, 0.2) is 0 Å². The van der Waals surface area contributed by atoms with Gasteiger partial charge in [-0.2, -0.15) is 13.2 Å². The van der Waals surface area contributed by atoms with Crippen LogP contribution in [0, 0.1) is 0 Å². The first-order valence-corrected chi connectivity index (χ1v) is 4.53. The number of hydrogen-bond acceptors (Lipinski definition) is 2. The molecule has 0 saturated carbocycles. The fourth-order valence-corrected chi connectivity index (χ4v) is 1.08. The topological polar surface area (TPSA) is 46.2 Å². The molecule has 0 heterocycles. The molecule has 1 aromatic rings. The quantitative estimate of drug-likeness (QED) is 0.654. The van der Waals surface area contributed by atoms with Gasteiger partial charge in [0.25, 0.3) is 0 Å². The predicted octanol–water partition coefficient (Wildman–Crippen LogP) is 2.40. The number of benzene rings is 1. The Labute approximate surface area is 94.9 Å². The highest BCUT2D eigenvalue weighted by molar-refractivity contribution is 6.01. The second kappa shape index (κ2) is 5.29. The van der Waals surface area contributed by atoms with Crippen LogP contribution in [0.4, 0.5) is 18.9 Å². The first-order valence-electron chi connectivity index (χ1n) is 4.53. The summed E-state index contributed by atoms with van der Waals surface area (Å²) in [6.45, 7) is 0. The summed E-state index contributed by atoms with van der Waals surface area (Å²) >= 11 is 0. The molecule has 0 unspecified atom stereocenters. The maximum Gasteiger partial charge on any atom is 0.416 e. The highest BCUT2D eigenvalue weighted by Crippen LogP contribution is 2.30. The summed E-state index contributed by atoms with van der Waals surface area (Å²) in [4.78, 5) is 21.0. The molecular weight excluding hydrogens is 235 g/mol. The zero-order valence-corrected chi connectivity index (χ0v) is 8.49. The summed E-state index contributed by atoms with van der Waals surface area (Å²) in [7, 11) is 0. The van der Waals surface area contributed by atoms with Crippen molar-refractivity contribution in [3.05, 3.63) is 42.0 Å². The number of alkyl halides is 3. The molecule has 17 heavy (non-hydrogen) atoms. The molecule has 0 bridgehead atoms. The van der Waals surface area contributed by atoms with Crippen LogP contribution in [0.1, 0.15) is 5.56 Å². The van der Waals surface area contributed by atoms with Crippen molar-refractivity contribution in [2.24, 2.45) is 0 Å². The van der Waals surface area contributed by atoms with E-state index in [1.807, 2.05) is 0 Å². The maximum atomic E-state index is 12.3. The van der Waals surface area contributed by atoms with Gasteiger partial charge in [0.05, 0.1) is 5.56 Å². The molecule has 6 heteroatoms. The molecule has 1 amide bonds. The number of nitrogens with one attached hydrogen (secondary N) is 1. The summed E-state index contributed by atoms with van der Waals surface area (Å²) in [5.41, 5.74) is -0.838. The van der Waals surface area contributed by atoms with Crippen LogP contribution in [-0.4, -0.2) is 12.2 Å². The molecule has 0 fully saturated rings. The van der Waals surface area contributed by atoms with E-state index < -0.39 is 17.6 Å². The summed E-state index contributed by atoms with van der Waals surface area (Å²) < 4.78 is 37.0. The Hall–Kier alpha value is -2.11. The Morgan fingerprint density at radius 3 is 2.59 bits per heavy atom. The van der Waals surface area contributed by atoms with E-state index in [0.29, 0.717) is 6.29 Å². The van der Waals surface area contributed by atoms with E-state index in [1.54, 1.807) is 0 Å². The average molecular weight is 243 g/mol. The Kier molecular flexibility index (Phi) is 4.03. The zero-order chi connectivity index (χ0) is 12.9. The number of amides is 1. The number of aldehydes is 1. The van der Waals surface area contributed by atoms with Crippen molar-refractivity contribution in [3.63, 3.8) is 0 Å². The van der Waals surface area contributed by atoms with Crippen molar-refractivity contribution in [3.8, 4) is 0 Å². The molecule has 0 radical (unpaired) electrons. The predicted molar refractivity (Wildman–Crippen MR) is 55.3 cm³/mol. The molecule has 0 atom stereocenters. The fourth-order valence-electron chi connectivity index (χ4n) is 1.08. The minimum Gasteiger partial charge on any atom is -0.322 e. The number of allylic oxidation sites excluding steroid dienone is 1. The summed E-state index contributed by atoms with van der Waals surface area (Å²) in [5.74, 6) is -0.670. The van der Waals surface area contributed by atoms with Crippen LogP contribution in [0.2, 0.25) is 0 Å². The smallest absolute Gasteiger partial charge is 0.322 e. The lowest BCUT2D eigenvalue weighted by Gasteiger charge is -2.08. The van der Waals surface area contributed by atoms with Gasteiger partial charge in [0, 0.05) is 11.8 Å². The number of halogens is 3. The van der Waals surface area contributed by atoms with Crippen LogP contribution in [-0.2, 0) is 15.8 Å². The van der Waals surface area contributed by atoms with Crippen molar-refractivity contribution in [2.75, 3.05) is 5.32 Å². The van der Waals surface area contributed by atoms with E-state index >= 15 is 0 Å². The summed E-state index contributed by atoms with van der Waals surface area (Å²) in [6.07, 6.45) is -2.19. The second-order valence-electron chi connectivity index (χ2n) is 3.06. The Morgan fingerprint density at radius 1 is 1.29 bits per heavy atom. The maximum absolute atomic E-state index is 12.3. The van der Waals surface area contributed by atoms with Crippen LogP contribution < -0.4 is 5.32 Å². The van der Waals surface area contributed by atoms with Crippen molar-refractivity contribution in [1.82, 2.24) is 0 Å². The molecule has 0 aliphatic heterocycles. The minimum atomic E-state index is -4.46. The van der Waals surface area contributed by atoms with Crippen molar-refractivity contribution >= 4 is 17.9 Å². The van der Waals surface area contributed by atoms with Gasteiger partial charge >= 0.3 is 6.18 Å². The van der Waals surface area contributed by atoms with Crippen LogP contribution in [0.15, 0.2) is 36.4 Å². The third-order valence-corrected chi connectivity index (χ3v) is 1.78. The minimum absolute atomic E-state index is 0.0142. The van der Waals surface area contributed by atoms with E-state index in [1.165, 1.54) is 12.1 Å². The van der Waals surface area contributed by atoms with Gasteiger partial charge in [-0.3, -0.25) is 9.59 Å². The normalized spacial score (nSPS) is 11.5. The SMILES string of the molecule is O=C/C=C\C(=O)Nc1cccc(C(F)(F)F)c1. The van der Waals surface area contributed by atoms with Crippen molar-refractivity contribution < 1.29 is 22.8 Å². The van der Waals surface area contributed by atoms with Crippen LogP contribution in [0.5, 0.6) is 0 Å². The lowest BCUT2D eigenvalue weighted by Crippen LogP contribution is -2.10. The van der Waals surface area contributed by atoms with E-state index in [9.17, 15) is 22.8 Å². The molecule has 0 aromatic heterocycles. The number of hydrogen-bond donors (Lipinski definition) is 1. The molecule has 0 saturated heterocycles. The van der Waals surface area contributed by atoms with Crippen LogP contribution in [0.25, 0.3) is 0 Å². The van der Waals surface area contributed by atoms with Gasteiger partial charge in [-0.15, -0.1) is 0 Å². The largest absolute Gasteiger partial charge is 0.416 e. The lowest BCUT2D eigenvalue weighted by molar-refractivity contribution is -0.137. The van der Waals surface area contributed by atoms with Gasteiger partial charge < -0.3 is 5.32 Å². The average Bonchev–Trinajstić information content (AvgIpc) is 2.25. The van der Waals surface area contributed by atoms with Gasteiger partial charge in [0.1, 0.15) is 6.29 Å². The summed E-state index contributed by atoms with van der Waals surface area (Å²) in [5, 5.41) is 2.20. The third-order valence-electron chi connectivity index (χ3n) is 1.78. The lowest BCUT2D eigenvalue weighted by atomic mass is 10.2. The first-order chi connectivity index (χ1) is 7.93. The molecule has 0 aliphatic carbocycles. The third kappa shape index (κ3) is 4.10.